The van der Waals surface area contributed by atoms with Gasteiger partial charge >= 0.3 is 0 Å². The number of ether oxygens (including phenoxy) is 1. The molecule has 1 aliphatic rings. The molecule has 0 saturated heterocycles. The quantitative estimate of drug-likeness (QED) is 0.887. The Kier molecular flexibility index (Phi) is 3.76. The minimum Gasteiger partial charge on any atom is -0.383 e. The SMILES string of the molecule is CNc1nc(N(CCOC)C2CC2)c2cc(C)sc2n1. The second-order valence-corrected chi connectivity index (χ2v) is 6.35. The molecule has 108 valence electrons. The molecule has 0 spiro atoms. The smallest absolute Gasteiger partial charge is 0.225 e. The lowest BCUT2D eigenvalue weighted by Crippen LogP contribution is -2.30. The van der Waals surface area contributed by atoms with Gasteiger partial charge in [0.2, 0.25) is 5.95 Å². The summed E-state index contributed by atoms with van der Waals surface area (Å²) >= 11 is 1.72. The van der Waals surface area contributed by atoms with Crippen LogP contribution >= 0.6 is 11.3 Å². The predicted molar refractivity (Wildman–Crippen MR) is 83.9 cm³/mol. The Morgan fingerprint density at radius 2 is 2.25 bits per heavy atom. The molecule has 2 heterocycles. The van der Waals surface area contributed by atoms with Crippen LogP contribution in [-0.2, 0) is 4.74 Å². The summed E-state index contributed by atoms with van der Waals surface area (Å²) in [6, 6.07) is 2.80. The molecule has 0 bridgehead atoms. The van der Waals surface area contributed by atoms with Crippen molar-refractivity contribution in [3.63, 3.8) is 0 Å². The third-order valence-corrected chi connectivity index (χ3v) is 4.46. The van der Waals surface area contributed by atoms with Gasteiger partial charge in [0.15, 0.2) is 0 Å². The minimum atomic E-state index is 0.605. The number of nitrogens with zero attached hydrogens (tertiary/aromatic N) is 3. The van der Waals surface area contributed by atoms with E-state index in [2.05, 4.69) is 28.2 Å². The molecule has 5 nitrogen and oxygen atoms in total. The molecule has 0 unspecified atom stereocenters. The number of nitrogens with one attached hydrogen (secondary N) is 1. The standard InChI is InChI=1S/C14H20N4OS/c1-9-8-11-12(16-14(15-2)17-13(11)20-9)18(6-7-19-3)10-4-5-10/h8,10H,4-7H2,1-3H3,(H,15,16,17). The molecule has 6 heteroatoms. The van der Waals surface area contributed by atoms with Crippen molar-refractivity contribution in [1.29, 1.82) is 0 Å². The first-order valence-corrected chi connectivity index (χ1v) is 7.76. The van der Waals surface area contributed by atoms with Gasteiger partial charge in [0.1, 0.15) is 10.6 Å². The minimum absolute atomic E-state index is 0.605. The normalized spacial score (nSPS) is 14.8. The van der Waals surface area contributed by atoms with Crippen LogP contribution in [0.5, 0.6) is 0 Å². The molecule has 1 N–H and O–H groups in total. The van der Waals surface area contributed by atoms with E-state index >= 15 is 0 Å². The lowest BCUT2D eigenvalue weighted by molar-refractivity contribution is 0.205. The molecule has 2 aromatic heterocycles. The maximum Gasteiger partial charge on any atom is 0.225 e. The molecule has 0 aliphatic heterocycles. The number of aryl methyl sites for hydroxylation is 1. The van der Waals surface area contributed by atoms with Crippen molar-refractivity contribution >= 4 is 33.3 Å². The fraction of sp³-hybridized carbons (Fsp3) is 0.571. The van der Waals surface area contributed by atoms with E-state index in [1.165, 1.54) is 17.7 Å². The summed E-state index contributed by atoms with van der Waals surface area (Å²) in [6.07, 6.45) is 2.49. The van der Waals surface area contributed by atoms with Gasteiger partial charge < -0.3 is 15.0 Å². The number of methoxy groups -OCH3 is 1. The maximum absolute atomic E-state index is 5.25. The average molecular weight is 292 g/mol. The van der Waals surface area contributed by atoms with Gasteiger partial charge in [0.05, 0.1) is 12.0 Å². The van der Waals surface area contributed by atoms with Crippen LogP contribution in [0, 0.1) is 6.92 Å². The van der Waals surface area contributed by atoms with Crippen molar-refractivity contribution in [2.24, 2.45) is 0 Å². The van der Waals surface area contributed by atoms with Crippen LogP contribution in [-0.4, -0.2) is 43.3 Å². The lowest BCUT2D eigenvalue weighted by Gasteiger charge is -2.24. The molecule has 3 rings (SSSR count). The number of hydrogen-bond donors (Lipinski definition) is 1. The Balaban J connectivity index is 2.06. The Hall–Kier alpha value is -1.40. The van der Waals surface area contributed by atoms with Crippen molar-refractivity contribution in [1.82, 2.24) is 9.97 Å². The van der Waals surface area contributed by atoms with Gasteiger partial charge in [-0.05, 0) is 25.8 Å². The number of fused-ring (bicyclic) bond motifs is 1. The van der Waals surface area contributed by atoms with Gasteiger partial charge in [-0.3, -0.25) is 0 Å². The molecule has 20 heavy (non-hydrogen) atoms. The number of anilines is 2. The molecule has 2 aromatic rings. The fourth-order valence-electron chi connectivity index (χ4n) is 2.39. The van der Waals surface area contributed by atoms with E-state index in [0.29, 0.717) is 12.0 Å². The number of rotatable bonds is 6. The van der Waals surface area contributed by atoms with Crippen LogP contribution in [0.1, 0.15) is 17.7 Å². The summed E-state index contributed by atoms with van der Waals surface area (Å²) in [5.41, 5.74) is 0. The maximum atomic E-state index is 5.25. The summed E-state index contributed by atoms with van der Waals surface area (Å²) in [5.74, 6) is 1.74. The van der Waals surface area contributed by atoms with E-state index in [1.807, 2.05) is 7.05 Å². The van der Waals surface area contributed by atoms with Gasteiger partial charge in [-0.2, -0.15) is 4.98 Å². The Labute approximate surface area is 123 Å². The van der Waals surface area contributed by atoms with Gasteiger partial charge in [0.25, 0.3) is 0 Å². The van der Waals surface area contributed by atoms with Gasteiger partial charge in [0, 0.05) is 31.6 Å². The Bertz CT molecular complexity index is 608. The van der Waals surface area contributed by atoms with Crippen molar-refractivity contribution in [2.75, 3.05) is 37.5 Å². The van der Waals surface area contributed by atoms with Gasteiger partial charge in [-0.1, -0.05) is 0 Å². The summed E-state index contributed by atoms with van der Waals surface area (Å²) in [5, 5.41) is 4.23. The first kappa shape index (κ1) is 13.6. The Morgan fingerprint density at radius 3 is 2.90 bits per heavy atom. The average Bonchev–Trinajstić information content (AvgIpc) is 3.20. The summed E-state index contributed by atoms with van der Waals surface area (Å²) in [6.45, 7) is 3.72. The molecule has 0 radical (unpaired) electrons. The largest absolute Gasteiger partial charge is 0.383 e. The van der Waals surface area contributed by atoms with Crippen LogP contribution in [0.15, 0.2) is 6.07 Å². The highest BCUT2D eigenvalue weighted by Crippen LogP contribution is 2.37. The van der Waals surface area contributed by atoms with Gasteiger partial charge in [-0.25, -0.2) is 4.98 Å². The van der Waals surface area contributed by atoms with Crippen molar-refractivity contribution < 1.29 is 4.74 Å². The van der Waals surface area contributed by atoms with Crippen molar-refractivity contribution in [2.45, 2.75) is 25.8 Å². The van der Waals surface area contributed by atoms with E-state index in [1.54, 1.807) is 18.4 Å². The zero-order chi connectivity index (χ0) is 14.1. The molecule has 1 saturated carbocycles. The third-order valence-electron chi connectivity index (χ3n) is 3.52. The highest BCUT2D eigenvalue weighted by Gasteiger charge is 2.31. The molecule has 1 fully saturated rings. The molecule has 0 amide bonds. The second-order valence-electron chi connectivity index (χ2n) is 5.11. The molecular formula is C14H20N4OS. The first-order chi connectivity index (χ1) is 9.72. The highest BCUT2D eigenvalue weighted by atomic mass is 32.1. The van der Waals surface area contributed by atoms with Crippen LogP contribution in [0.4, 0.5) is 11.8 Å². The fourth-order valence-corrected chi connectivity index (χ4v) is 3.27. The Morgan fingerprint density at radius 1 is 1.45 bits per heavy atom. The molecule has 1 aliphatic carbocycles. The third kappa shape index (κ3) is 2.58. The van der Waals surface area contributed by atoms with Crippen LogP contribution < -0.4 is 10.2 Å². The van der Waals surface area contributed by atoms with E-state index in [9.17, 15) is 0 Å². The molecule has 0 aromatic carbocycles. The molecular weight excluding hydrogens is 272 g/mol. The highest BCUT2D eigenvalue weighted by molar-refractivity contribution is 7.18. The summed E-state index contributed by atoms with van der Waals surface area (Å²) < 4.78 is 5.25. The monoisotopic (exact) mass is 292 g/mol. The van der Waals surface area contributed by atoms with E-state index in [-0.39, 0.29) is 0 Å². The number of hydrogen-bond acceptors (Lipinski definition) is 6. The summed E-state index contributed by atoms with van der Waals surface area (Å²) in [7, 11) is 3.61. The lowest BCUT2D eigenvalue weighted by atomic mass is 10.3. The van der Waals surface area contributed by atoms with Crippen LogP contribution in [0.3, 0.4) is 0 Å². The zero-order valence-corrected chi connectivity index (χ0v) is 13.0. The van der Waals surface area contributed by atoms with Crippen molar-refractivity contribution in [3.05, 3.63) is 10.9 Å². The van der Waals surface area contributed by atoms with Crippen LogP contribution in [0.25, 0.3) is 10.2 Å². The van der Waals surface area contributed by atoms with Gasteiger partial charge in [-0.15, -0.1) is 11.3 Å². The zero-order valence-electron chi connectivity index (χ0n) is 12.1. The van der Waals surface area contributed by atoms with E-state index in [4.69, 9.17) is 9.72 Å². The number of aromatic nitrogens is 2. The predicted octanol–water partition coefficient (Wildman–Crippen LogP) is 2.66. The first-order valence-electron chi connectivity index (χ1n) is 6.94. The summed E-state index contributed by atoms with van der Waals surface area (Å²) in [4.78, 5) is 14.0. The van der Waals surface area contributed by atoms with Crippen molar-refractivity contribution in [3.8, 4) is 0 Å². The topological polar surface area (TPSA) is 50.3 Å². The van der Waals surface area contributed by atoms with E-state index < -0.39 is 0 Å². The molecule has 0 atom stereocenters. The van der Waals surface area contributed by atoms with Crippen LogP contribution in [0.2, 0.25) is 0 Å². The second kappa shape index (κ2) is 5.54. The number of thiophene rings is 1. The van der Waals surface area contributed by atoms with E-state index in [0.717, 1.165) is 29.2 Å².